The van der Waals surface area contributed by atoms with E-state index in [2.05, 4.69) is 32.5 Å². The Hall–Kier alpha value is -5.07. The maximum absolute atomic E-state index is 13.8. The largest absolute Gasteiger partial charge is 0.493 e. The number of nitrogens with zero attached hydrogens (tertiary/aromatic N) is 4. The average Bonchev–Trinajstić information content (AvgIpc) is 3.43. The van der Waals surface area contributed by atoms with Crippen LogP contribution in [-0.4, -0.2) is 91.9 Å². The lowest BCUT2D eigenvalue weighted by molar-refractivity contribution is 0.102. The number of carbonyl (C=O) groups excluding carboxylic acids is 1. The monoisotopic (exact) mass is 696 g/mol. The summed E-state index contributed by atoms with van der Waals surface area (Å²) in [7, 11) is 5.32. The van der Waals surface area contributed by atoms with E-state index in [1.54, 1.807) is 20.3 Å². The highest BCUT2D eigenvalue weighted by Gasteiger charge is 2.33. The third-order valence-electron chi connectivity index (χ3n) is 9.15. The van der Waals surface area contributed by atoms with E-state index in [9.17, 15) is 4.79 Å². The number of benzene rings is 3. The topological polar surface area (TPSA) is 120 Å². The van der Waals surface area contributed by atoms with Gasteiger partial charge in [-0.2, -0.15) is 4.98 Å². The number of likely N-dealkylation sites (N-methyl/N-ethyl adjacent to an activating group) is 1. The lowest BCUT2D eigenvalue weighted by Crippen LogP contribution is -2.44. The highest BCUT2D eigenvalue weighted by Crippen LogP contribution is 2.44. The molecule has 1 aromatic heterocycles. The lowest BCUT2D eigenvalue weighted by atomic mass is 10.0. The molecule has 0 aliphatic carbocycles. The fourth-order valence-corrected chi connectivity index (χ4v) is 6.40. The zero-order chi connectivity index (χ0) is 36.1. The van der Waals surface area contributed by atoms with Crippen LogP contribution < -0.4 is 34.3 Å². The number of para-hydroxylation sites is 2. The summed E-state index contributed by atoms with van der Waals surface area (Å²) in [5.41, 5.74) is 4.00. The standard InChI is InChI=1S/C39H48N6O6/c1-25-11-8-12-26(2)33(25)42-36(46)29-24-40-38(43-37(29)50-30-14-9-13-27-23-39(3,4)51-34(27)30)41-28-21-31(47-6)35(48-7)32(22-28)49-20-10-15-45-18-16-44(5)17-19-45/h8-9,11-14,21-22,24H,10,15-20,23H2,1-7H3,(H,42,46)(H,40,41,43). The van der Waals surface area contributed by atoms with Gasteiger partial charge in [0.1, 0.15) is 11.2 Å². The van der Waals surface area contributed by atoms with Crippen LogP contribution in [0.2, 0.25) is 0 Å². The van der Waals surface area contributed by atoms with Crippen LogP contribution in [0.25, 0.3) is 0 Å². The Morgan fingerprint density at radius 3 is 2.41 bits per heavy atom. The van der Waals surface area contributed by atoms with Gasteiger partial charge in [0.15, 0.2) is 23.0 Å². The molecule has 3 aromatic carbocycles. The summed E-state index contributed by atoms with van der Waals surface area (Å²) in [5.74, 6) is 2.46. The van der Waals surface area contributed by atoms with Gasteiger partial charge in [-0.1, -0.05) is 30.3 Å². The first kappa shape index (κ1) is 35.7. The van der Waals surface area contributed by atoms with E-state index in [1.165, 1.54) is 6.20 Å². The van der Waals surface area contributed by atoms with Crippen LogP contribution in [0, 0.1) is 13.8 Å². The Bertz CT molecular complexity index is 1850. The molecule has 2 N–H and O–H groups in total. The van der Waals surface area contributed by atoms with Crippen LogP contribution in [0.5, 0.6) is 34.6 Å². The van der Waals surface area contributed by atoms with Crippen LogP contribution in [0.1, 0.15) is 47.3 Å². The molecular formula is C39H48N6O6. The highest BCUT2D eigenvalue weighted by atomic mass is 16.5. The Balaban J connectivity index is 1.27. The van der Waals surface area contributed by atoms with E-state index in [-0.39, 0.29) is 23.0 Å². The van der Waals surface area contributed by atoms with Crippen molar-refractivity contribution in [2.75, 3.05) is 71.2 Å². The molecule has 12 nitrogen and oxygen atoms in total. The van der Waals surface area contributed by atoms with Gasteiger partial charge >= 0.3 is 0 Å². The van der Waals surface area contributed by atoms with E-state index < -0.39 is 5.91 Å². The summed E-state index contributed by atoms with van der Waals surface area (Å²) in [6.07, 6.45) is 3.06. The van der Waals surface area contributed by atoms with Gasteiger partial charge in [0.25, 0.3) is 5.91 Å². The zero-order valence-electron chi connectivity index (χ0n) is 30.6. The van der Waals surface area contributed by atoms with E-state index >= 15 is 0 Å². The summed E-state index contributed by atoms with van der Waals surface area (Å²) in [5, 5.41) is 6.28. The molecule has 1 amide bonds. The molecule has 0 spiro atoms. The van der Waals surface area contributed by atoms with Crippen LogP contribution in [-0.2, 0) is 6.42 Å². The van der Waals surface area contributed by atoms with E-state index in [0.29, 0.717) is 41.0 Å². The molecule has 12 heteroatoms. The highest BCUT2D eigenvalue weighted by molar-refractivity contribution is 6.06. The summed E-state index contributed by atoms with van der Waals surface area (Å²) >= 11 is 0. The van der Waals surface area contributed by atoms with E-state index in [1.807, 2.05) is 70.2 Å². The first-order valence-corrected chi connectivity index (χ1v) is 17.3. The van der Waals surface area contributed by atoms with Crippen molar-refractivity contribution >= 4 is 23.2 Å². The minimum Gasteiger partial charge on any atom is -0.493 e. The van der Waals surface area contributed by atoms with Crippen molar-refractivity contribution < 1.29 is 28.5 Å². The molecule has 1 saturated heterocycles. The van der Waals surface area contributed by atoms with Gasteiger partial charge in [0, 0.05) is 74.4 Å². The van der Waals surface area contributed by atoms with Gasteiger partial charge in [0.2, 0.25) is 17.6 Å². The van der Waals surface area contributed by atoms with Crippen LogP contribution in [0.3, 0.4) is 0 Å². The number of methoxy groups -OCH3 is 2. The number of piperazine rings is 1. The van der Waals surface area contributed by atoms with Crippen LogP contribution >= 0.6 is 0 Å². The number of nitrogens with one attached hydrogen (secondary N) is 2. The molecule has 270 valence electrons. The number of fused-ring (bicyclic) bond motifs is 1. The Labute approximate surface area is 300 Å². The van der Waals surface area contributed by atoms with Crippen LogP contribution in [0.15, 0.2) is 54.7 Å². The number of hydrogen-bond acceptors (Lipinski definition) is 11. The molecule has 2 aliphatic rings. The fourth-order valence-electron chi connectivity index (χ4n) is 6.40. The van der Waals surface area contributed by atoms with Crippen molar-refractivity contribution in [3.05, 3.63) is 77.0 Å². The van der Waals surface area contributed by atoms with Crippen LogP contribution in [0.4, 0.5) is 17.3 Å². The fraction of sp³-hybridized carbons (Fsp3) is 0.410. The van der Waals surface area contributed by atoms with E-state index in [4.69, 9.17) is 28.7 Å². The number of hydrogen-bond donors (Lipinski definition) is 2. The maximum atomic E-state index is 13.8. The van der Waals surface area contributed by atoms with Gasteiger partial charge in [-0.25, -0.2) is 4.98 Å². The normalized spacial score (nSPS) is 15.4. The molecular weight excluding hydrogens is 648 g/mol. The number of aryl methyl sites for hydroxylation is 2. The van der Waals surface area contributed by atoms with Gasteiger partial charge in [-0.3, -0.25) is 4.79 Å². The first-order chi connectivity index (χ1) is 24.5. The second kappa shape index (κ2) is 15.4. The molecule has 0 saturated carbocycles. The Morgan fingerprint density at radius 1 is 0.961 bits per heavy atom. The molecule has 51 heavy (non-hydrogen) atoms. The summed E-state index contributed by atoms with van der Waals surface area (Å²) in [4.78, 5) is 27.8. The van der Waals surface area contributed by atoms with Gasteiger partial charge in [-0.05, 0) is 58.4 Å². The molecule has 3 heterocycles. The number of rotatable bonds is 13. The van der Waals surface area contributed by atoms with Crippen molar-refractivity contribution in [3.8, 4) is 34.6 Å². The van der Waals surface area contributed by atoms with E-state index in [0.717, 1.165) is 67.9 Å². The minimum atomic E-state index is -0.402. The molecule has 0 atom stereocenters. The van der Waals surface area contributed by atoms with Crippen molar-refractivity contribution in [2.24, 2.45) is 0 Å². The maximum Gasteiger partial charge on any atom is 0.262 e. The predicted molar refractivity (Wildman–Crippen MR) is 198 cm³/mol. The lowest BCUT2D eigenvalue weighted by Gasteiger charge is -2.32. The third kappa shape index (κ3) is 8.46. The molecule has 0 unspecified atom stereocenters. The zero-order valence-corrected chi connectivity index (χ0v) is 30.6. The molecule has 4 aromatic rings. The summed E-state index contributed by atoms with van der Waals surface area (Å²) in [6.45, 7) is 13.7. The average molecular weight is 697 g/mol. The Kier molecular flexibility index (Phi) is 10.8. The van der Waals surface area contributed by atoms with Gasteiger partial charge in [-0.15, -0.1) is 0 Å². The third-order valence-corrected chi connectivity index (χ3v) is 9.15. The molecule has 2 aliphatic heterocycles. The van der Waals surface area contributed by atoms with Crippen molar-refractivity contribution in [2.45, 2.75) is 46.1 Å². The van der Waals surface area contributed by atoms with Gasteiger partial charge in [0.05, 0.1) is 20.8 Å². The number of aromatic nitrogens is 2. The minimum absolute atomic E-state index is 0.0683. The summed E-state index contributed by atoms with van der Waals surface area (Å²) in [6, 6.07) is 15.2. The second-order valence-corrected chi connectivity index (χ2v) is 13.7. The van der Waals surface area contributed by atoms with Crippen molar-refractivity contribution in [1.29, 1.82) is 0 Å². The number of carbonyl (C=O) groups is 1. The second-order valence-electron chi connectivity index (χ2n) is 13.7. The quantitative estimate of drug-likeness (QED) is 0.147. The van der Waals surface area contributed by atoms with Gasteiger partial charge < -0.3 is 44.1 Å². The number of anilines is 3. The first-order valence-electron chi connectivity index (χ1n) is 17.3. The molecule has 1 fully saturated rings. The smallest absolute Gasteiger partial charge is 0.262 e. The molecule has 6 rings (SSSR count). The molecule has 0 radical (unpaired) electrons. The predicted octanol–water partition coefficient (Wildman–Crippen LogP) is 6.63. The summed E-state index contributed by atoms with van der Waals surface area (Å²) < 4.78 is 30.3. The van der Waals surface area contributed by atoms with Crippen molar-refractivity contribution in [1.82, 2.24) is 19.8 Å². The SMILES string of the molecule is COc1cc(Nc2ncc(C(=O)Nc3c(C)cccc3C)c(Oc3cccc4c3OC(C)(C)C4)n2)cc(OCCCN2CCN(C)CC2)c1OC. The number of amides is 1. The van der Waals surface area contributed by atoms with Crippen molar-refractivity contribution in [3.63, 3.8) is 0 Å². The number of ether oxygens (including phenoxy) is 5. The Morgan fingerprint density at radius 2 is 1.69 bits per heavy atom. The molecule has 0 bridgehead atoms.